The zero-order valence-corrected chi connectivity index (χ0v) is 21.0. The number of halogens is 1. The molecular formula is C27H26ClN5O3. The Morgan fingerprint density at radius 3 is 2.75 bits per heavy atom. The maximum absolute atomic E-state index is 13.3. The Kier molecular flexibility index (Phi) is 5.39. The van der Waals surface area contributed by atoms with E-state index in [0.29, 0.717) is 34.3 Å². The molecule has 1 spiro atoms. The zero-order chi connectivity index (χ0) is 25.0. The maximum atomic E-state index is 13.3. The Morgan fingerprint density at radius 2 is 2.00 bits per heavy atom. The molecule has 1 atom stereocenters. The smallest absolute Gasteiger partial charge is 0.255 e. The van der Waals surface area contributed by atoms with Gasteiger partial charge in [-0.15, -0.1) is 0 Å². The highest BCUT2D eigenvalue weighted by molar-refractivity contribution is 6.32. The molecule has 1 aliphatic heterocycles. The number of hydrogen-bond donors (Lipinski definition) is 3. The van der Waals surface area contributed by atoms with Crippen molar-refractivity contribution in [1.82, 2.24) is 20.3 Å². The molecule has 2 aliphatic rings. The number of fused-ring (bicyclic) bond motifs is 3. The number of amides is 1. The number of aromatic nitrogens is 3. The first-order chi connectivity index (χ1) is 17.5. The van der Waals surface area contributed by atoms with E-state index in [1.807, 2.05) is 37.3 Å². The third-order valence-corrected chi connectivity index (χ3v) is 7.57. The van der Waals surface area contributed by atoms with Crippen molar-refractivity contribution in [2.75, 3.05) is 26.1 Å². The quantitative estimate of drug-likeness (QED) is 0.320. The number of hydrogen-bond acceptors (Lipinski definition) is 6. The van der Waals surface area contributed by atoms with Gasteiger partial charge in [0, 0.05) is 36.5 Å². The molecule has 1 aromatic carbocycles. The van der Waals surface area contributed by atoms with Crippen LogP contribution in [0, 0.1) is 0 Å². The molecule has 8 nitrogen and oxygen atoms in total. The number of nitrogens with one attached hydrogen (secondary N) is 3. The molecule has 1 saturated carbocycles. The lowest BCUT2D eigenvalue weighted by Gasteiger charge is -2.23. The predicted octanol–water partition coefficient (Wildman–Crippen LogP) is 5.51. The second-order valence-electron chi connectivity index (χ2n) is 9.37. The van der Waals surface area contributed by atoms with Crippen LogP contribution in [-0.4, -0.2) is 41.6 Å². The van der Waals surface area contributed by atoms with Crippen LogP contribution in [0.2, 0.25) is 5.02 Å². The van der Waals surface area contributed by atoms with Crippen LogP contribution in [-0.2, 0) is 10.2 Å². The second kappa shape index (κ2) is 8.50. The van der Waals surface area contributed by atoms with E-state index in [1.54, 1.807) is 26.5 Å². The molecule has 4 aromatic rings. The van der Waals surface area contributed by atoms with Crippen molar-refractivity contribution in [2.24, 2.45) is 0 Å². The number of aromatic amines is 1. The van der Waals surface area contributed by atoms with Gasteiger partial charge >= 0.3 is 0 Å². The maximum Gasteiger partial charge on any atom is 0.255 e. The van der Waals surface area contributed by atoms with Gasteiger partial charge in [0.15, 0.2) is 5.75 Å². The van der Waals surface area contributed by atoms with Crippen LogP contribution in [0.15, 0.2) is 42.6 Å². The van der Waals surface area contributed by atoms with Gasteiger partial charge in [0.1, 0.15) is 0 Å². The average Bonchev–Trinajstić information content (AvgIpc) is 3.58. The van der Waals surface area contributed by atoms with E-state index < -0.39 is 0 Å². The van der Waals surface area contributed by atoms with E-state index in [-0.39, 0.29) is 17.4 Å². The Hall–Kier alpha value is -3.62. The normalized spacial score (nSPS) is 16.5. The van der Waals surface area contributed by atoms with Gasteiger partial charge < -0.3 is 25.1 Å². The Balaban J connectivity index is 1.61. The van der Waals surface area contributed by atoms with Gasteiger partial charge in [-0.25, -0.2) is 4.98 Å². The van der Waals surface area contributed by atoms with Crippen molar-refractivity contribution in [1.29, 1.82) is 0 Å². The molecule has 1 fully saturated rings. The summed E-state index contributed by atoms with van der Waals surface area (Å²) in [4.78, 5) is 26.3. The number of H-pyrrole nitrogens is 1. The second-order valence-corrected chi connectivity index (χ2v) is 9.78. The van der Waals surface area contributed by atoms with Crippen LogP contribution in [0.5, 0.6) is 5.75 Å². The molecule has 0 unspecified atom stereocenters. The number of pyridine rings is 2. The third-order valence-electron chi connectivity index (χ3n) is 7.27. The number of methoxy groups -OCH3 is 2. The van der Waals surface area contributed by atoms with E-state index in [0.717, 1.165) is 46.5 Å². The van der Waals surface area contributed by atoms with E-state index in [1.165, 1.54) is 0 Å². The van der Waals surface area contributed by atoms with Gasteiger partial charge in [0.2, 0.25) is 0 Å². The summed E-state index contributed by atoms with van der Waals surface area (Å²) >= 11 is 6.41. The summed E-state index contributed by atoms with van der Waals surface area (Å²) in [6, 6.07) is 11.3. The standard InChI is InChI=1S/C27H26ClN5O3/c1-14(35-2)17-7-8-18-21(31-17)15(9-12-29-18)22-23(32-19-6-4-5-16(28)24(19)36-3)20-25(33-22)27(10-11-27)13-30-26(20)34/h4-9,12,14,32-33H,10-11,13H2,1-3H3,(H,30,34)/t14-/m0/s1. The van der Waals surface area contributed by atoms with Crippen LogP contribution < -0.4 is 15.4 Å². The molecule has 0 bridgehead atoms. The topological polar surface area (TPSA) is 101 Å². The third kappa shape index (κ3) is 3.51. The summed E-state index contributed by atoms with van der Waals surface area (Å²) in [6.45, 7) is 2.58. The fraction of sp³-hybridized carbons (Fsp3) is 0.296. The lowest BCUT2D eigenvalue weighted by molar-refractivity contribution is 0.0938. The summed E-state index contributed by atoms with van der Waals surface area (Å²) in [6.07, 6.45) is 3.62. The summed E-state index contributed by atoms with van der Waals surface area (Å²) in [5.74, 6) is 0.389. The number of ether oxygens (including phenoxy) is 2. The molecule has 3 aromatic heterocycles. The van der Waals surface area contributed by atoms with Crippen molar-refractivity contribution in [3.63, 3.8) is 0 Å². The van der Waals surface area contributed by atoms with Gasteiger partial charge in [0.25, 0.3) is 5.91 Å². The minimum absolute atomic E-state index is 0.0671. The first kappa shape index (κ1) is 22.8. The van der Waals surface area contributed by atoms with Crippen molar-refractivity contribution < 1.29 is 14.3 Å². The predicted molar refractivity (Wildman–Crippen MR) is 139 cm³/mol. The molecule has 6 rings (SSSR count). The molecule has 4 heterocycles. The number of carbonyl (C=O) groups excluding carboxylic acids is 1. The lowest BCUT2D eigenvalue weighted by Crippen LogP contribution is -2.39. The van der Waals surface area contributed by atoms with Crippen LogP contribution in [0.3, 0.4) is 0 Å². The molecule has 1 aliphatic carbocycles. The van der Waals surface area contributed by atoms with Crippen LogP contribution in [0.4, 0.5) is 11.4 Å². The molecule has 1 amide bonds. The van der Waals surface area contributed by atoms with Crippen LogP contribution >= 0.6 is 11.6 Å². The summed E-state index contributed by atoms with van der Waals surface area (Å²) in [5.41, 5.74) is 6.72. The molecule has 184 valence electrons. The first-order valence-corrected chi connectivity index (χ1v) is 12.3. The van der Waals surface area contributed by atoms with Gasteiger partial charge in [-0.1, -0.05) is 17.7 Å². The molecular weight excluding hydrogens is 478 g/mol. The lowest BCUT2D eigenvalue weighted by atomic mass is 9.93. The van der Waals surface area contributed by atoms with E-state index in [4.69, 9.17) is 26.1 Å². The Bertz CT molecular complexity index is 1510. The number of rotatable bonds is 6. The summed E-state index contributed by atoms with van der Waals surface area (Å²) in [7, 11) is 3.23. The minimum atomic E-state index is -0.173. The highest BCUT2D eigenvalue weighted by atomic mass is 35.5. The number of carbonyl (C=O) groups is 1. The van der Waals surface area contributed by atoms with Gasteiger partial charge in [-0.3, -0.25) is 9.78 Å². The summed E-state index contributed by atoms with van der Waals surface area (Å²) < 4.78 is 11.1. The summed E-state index contributed by atoms with van der Waals surface area (Å²) in [5, 5.41) is 7.04. The first-order valence-electron chi connectivity index (χ1n) is 11.9. The number of anilines is 2. The Labute approximate surface area is 213 Å². The molecule has 3 N–H and O–H groups in total. The molecule has 9 heteroatoms. The van der Waals surface area contributed by atoms with Crippen molar-refractivity contribution in [3.05, 3.63) is 64.6 Å². The van der Waals surface area contributed by atoms with Crippen molar-refractivity contribution in [2.45, 2.75) is 31.3 Å². The highest BCUT2D eigenvalue weighted by Crippen LogP contribution is 2.54. The van der Waals surface area contributed by atoms with Gasteiger partial charge in [0.05, 0.1) is 57.6 Å². The highest BCUT2D eigenvalue weighted by Gasteiger charge is 2.51. The molecule has 0 radical (unpaired) electrons. The average molecular weight is 504 g/mol. The monoisotopic (exact) mass is 503 g/mol. The van der Waals surface area contributed by atoms with Crippen LogP contribution in [0.1, 0.15) is 47.6 Å². The SMILES string of the molecule is COc1c(Cl)cccc1Nc1c(-c2ccnc3ccc([C@H](C)OC)nc23)[nH]c2c1C(=O)NCC21CC1. The number of para-hydroxylation sites is 1. The molecule has 0 saturated heterocycles. The fourth-order valence-corrected chi connectivity index (χ4v) is 5.25. The Morgan fingerprint density at radius 1 is 1.17 bits per heavy atom. The fourth-order valence-electron chi connectivity index (χ4n) is 4.99. The van der Waals surface area contributed by atoms with E-state index in [9.17, 15) is 4.79 Å². The van der Waals surface area contributed by atoms with E-state index in [2.05, 4.69) is 20.6 Å². The molecule has 36 heavy (non-hydrogen) atoms. The minimum Gasteiger partial charge on any atom is -0.493 e. The van der Waals surface area contributed by atoms with E-state index >= 15 is 0 Å². The number of nitrogens with zero attached hydrogens (tertiary/aromatic N) is 2. The van der Waals surface area contributed by atoms with Gasteiger partial charge in [-0.2, -0.15) is 0 Å². The number of benzene rings is 1. The van der Waals surface area contributed by atoms with Crippen LogP contribution in [0.25, 0.3) is 22.3 Å². The van der Waals surface area contributed by atoms with Crippen molar-refractivity contribution in [3.8, 4) is 17.0 Å². The van der Waals surface area contributed by atoms with Gasteiger partial charge in [-0.05, 0) is 50.1 Å². The zero-order valence-electron chi connectivity index (χ0n) is 20.2. The largest absolute Gasteiger partial charge is 0.493 e. The van der Waals surface area contributed by atoms with Crippen molar-refractivity contribution >= 4 is 39.9 Å².